The fourth-order valence-corrected chi connectivity index (χ4v) is 8.88. The Hall–Kier alpha value is -2.20. The number of hydrogen-bond acceptors (Lipinski definition) is 10. The fraction of sp³-hybridized carbons (Fsp3) is 0.875. The molecule has 0 aromatic heterocycles. The van der Waals surface area contributed by atoms with E-state index in [0.717, 1.165) is 25.7 Å². The molecule has 0 aliphatic heterocycles. The molecule has 4 saturated carbocycles. The molecule has 0 aromatic carbocycles. The van der Waals surface area contributed by atoms with Crippen molar-refractivity contribution in [3.05, 3.63) is 0 Å². The summed E-state index contributed by atoms with van der Waals surface area (Å²) in [7, 11) is 0. The molecule has 42 heavy (non-hydrogen) atoms. The van der Waals surface area contributed by atoms with E-state index in [9.17, 15) is 19.2 Å². The van der Waals surface area contributed by atoms with Crippen LogP contribution in [0, 0.1) is 33.5 Å². The summed E-state index contributed by atoms with van der Waals surface area (Å²) in [4.78, 5) is 69.5. The minimum atomic E-state index is -1.20. The summed E-state index contributed by atoms with van der Waals surface area (Å²) in [6, 6.07) is 0. The van der Waals surface area contributed by atoms with Crippen molar-refractivity contribution in [2.75, 3.05) is 0 Å². The van der Waals surface area contributed by atoms with Gasteiger partial charge in [-0.15, -0.1) is 0 Å². The maximum Gasteiger partial charge on any atom is 0.449 e. The number of ether oxygens (including phenoxy) is 2. The molecule has 0 amide bonds. The lowest BCUT2D eigenvalue weighted by Gasteiger charge is -2.45. The van der Waals surface area contributed by atoms with Crippen LogP contribution in [0.5, 0.6) is 0 Å². The molecule has 8 unspecified atom stereocenters. The zero-order valence-corrected chi connectivity index (χ0v) is 27.0. The SMILES string of the molecule is CC(CCC(C)OOC(=O)C(=O)OC1(C)CC2CCC1(C)C2(C)C)OOC(=O)C(=O)OC1(C)CC2CCC1(C)C2(C)C. The monoisotopic (exact) mass is 594 g/mol. The Bertz CT molecular complexity index is 1030. The van der Waals surface area contributed by atoms with E-state index in [-0.39, 0.29) is 21.7 Å². The van der Waals surface area contributed by atoms with Gasteiger partial charge in [-0.05, 0) is 102 Å². The first kappa shape index (κ1) is 32.7. The molecular formula is C32H50O10. The second-order valence-electron chi connectivity index (χ2n) is 15.4. The maximum absolute atomic E-state index is 12.5. The van der Waals surface area contributed by atoms with Crippen LogP contribution in [0.15, 0.2) is 0 Å². The molecule has 4 aliphatic carbocycles. The Morgan fingerprint density at radius 3 is 1.19 bits per heavy atom. The molecule has 4 bridgehead atoms. The van der Waals surface area contributed by atoms with Gasteiger partial charge >= 0.3 is 23.9 Å². The Kier molecular flexibility index (Phi) is 8.37. The number of carbonyl (C=O) groups excluding carboxylic acids is 4. The van der Waals surface area contributed by atoms with E-state index in [0.29, 0.717) is 37.5 Å². The van der Waals surface area contributed by atoms with Crippen molar-refractivity contribution in [2.24, 2.45) is 33.5 Å². The van der Waals surface area contributed by atoms with Crippen molar-refractivity contribution in [1.82, 2.24) is 0 Å². The van der Waals surface area contributed by atoms with Crippen molar-refractivity contribution in [1.29, 1.82) is 0 Å². The summed E-state index contributed by atoms with van der Waals surface area (Å²) in [6.07, 6.45) is 5.02. The van der Waals surface area contributed by atoms with Crippen molar-refractivity contribution in [2.45, 2.75) is 144 Å². The maximum atomic E-state index is 12.5. The molecule has 4 aliphatic rings. The van der Waals surface area contributed by atoms with E-state index in [2.05, 4.69) is 41.5 Å². The predicted molar refractivity (Wildman–Crippen MR) is 150 cm³/mol. The third kappa shape index (κ3) is 5.04. The van der Waals surface area contributed by atoms with Gasteiger partial charge in [0.2, 0.25) is 0 Å². The minimum Gasteiger partial charge on any atom is -0.450 e. The van der Waals surface area contributed by atoms with Crippen LogP contribution in [-0.4, -0.2) is 47.3 Å². The predicted octanol–water partition coefficient (Wildman–Crippen LogP) is 5.79. The molecule has 8 atom stereocenters. The standard InChI is InChI=1S/C32H50O10/c1-19(39-41-25(35)23(33)37-31(9)17-21-13-15-29(31,7)27(21,3)4)11-12-20(2)40-42-26(36)24(34)38-32(10)18-22-14-16-30(32,8)28(22,5)6/h19-22H,11-18H2,1-10H3. The number of fused-ring (bicyclic) bond motifs is 4. The van der Waals surface area contributed by atoms with Gasteiger partial charge in [0.25, 0.3) is 0 Å². The summed E-state index contributed by atoms with van der Waals surface area (Å²) in [5.41, 5.74) is -1.94. The molecular weight excluding hydrogens is 544 g/mol. The molecule has 4 rings (SSSR count). The van der Waals surface area contributed by atoms with Gasteiger partial charge in [-0.25, -0.2) is 19.2 Å². The first-order valence-corrected chi connectivity index (χ1v) is 15.4. The highest BCUT2D eigenvalue weighted by molar-refractivity contribution is 6.30. The van der Waals surface area contributed by atoms with E-state index in [1.165, 1.54) is 0 Å². The summed E-state index contributed by atoms with van der Waals surface area (Å²) in [5.74, 6) is -3.68. The third-order valence-corrected chi connectivity index (χ3v) is 13.0. The quantitative estimate of drug-likeness (QED) is 0.140. The van der Waals surface area contributed by atoms with E-state index in [1.807, 2.05) is 13.8 Å². The van der Waals surface area contributed by atoms with Crippen molar-refractivity contribution in [3.8, 4) is 0 Å². The first-order valence-electron chi connectivity index (χ1n) is 15.4. The smallest absolute Gasteiger partial charge is 0.449 e. The van der Waals surface area contributed by atoms with Gasteiger partial charge in [0, 0.05) is 10.8 Å². The summed E-state index contributed by atoms with van der Waals surface area (Å²) < 4.78 is 11.4. The lowest BCUT2D eigenvalue weighted by atomic mass is 9.65. The van der Waals surface area contributed by atoms with E-state index in [4.69, 9.17) is 29.0 Å². The average Bonchev–Trinajstić information content (AvgIpc) is 3.38. The number of esters is 2. The lowest BCUT2D eigenvalue weighted by molar-refractivity contribution is -0.306. The Morgan fingerprint density at radius 2 is 0.929 bits per heavy atom. The summed E-state index contributed by atoms with van der Waals surface area (Å²) in [6.45, 7) is 20.2. The third-order valence-electron chi connectivity index (χ3n) is 13.0. The molecule has 4 fully saturated rings. The average molecular weight is 595 g/mol. The lowest BCUT2D eigenvalue weighted by Crippen LogP contribution is -2.49. The Labute approximate surface area is 249 Å². The van der Waals surface area contributed by atoms with Gasteiger partial charge in [-0.2, -0.15) is 9.78 Å². The van der Waals surface area contributed by atoms with Crippen LogP contribution in [0.4, 0.5) is 0 Å². The fourth-order valence-electron chi connectivity index (χ4n) is 8.88. The van der Waals surface area contributed by atoms with Gasteiger partial charge in [-0.1, -0.05) is 41.5 Å². The Morgan fingerprint density at radius 1 is 0.595 bits per heavy atom. The highest BCUT2D eigenvalue weighted by Crippen LogP contribution is 2.71. The van der Waals surface area contributed by atoms with Crippen molar-refractivity contribution < 1.29 is 48.2 Å². The number of hydrogen-bond donors (Lipinski definition) is 0. The largest absolute Gasteiger partial charge is 0.450 e. The summed E-state index contributed by atoms with van der Waals surface area (Å²) in [5, 5.41) is 0. The van der Waals surface area contributed by atoms with E-state index in [1.54, 1.807) is 13.8 Å². The molecule has 10 heteroatoms. The zero-order chi connectivity index (χ0) is 31.5. The Balaban J connectivity index is 1.14. The number of carbonyl (C=O) groups is 4. The van der Waals surface area contributed by atoms with Crippen LogP contribution in [0.3, 0.4) is 0 Å². The molecule has 0 heterocycles. The minimum absolute atomic E-state index is 0.00764. The van der Waals surface area contributed by atoms with Crippen LogP contribution in [0.25, 0.3) is 0 Å². The van der Waals surface area contributed by atoms with Gasteiger partial charge in [0.1, 0.15) is 23.4 Å². The molecule has 10 nitrogen and oxygen atoms in total. The molecule has 0 radical (unpaired) electrons. The second-order valence-corrected chi connectivity index (χ2v) is 15.4. The van der Waals surface area contributed by atoms with Gasteiger partial charge in [0.05, 0.1) is 0 Å². The topological polar surface area (TPSA) is 124 Å². The van der Waals surface area contributed by atoms with Crippen LogP contribution in [-0.2, 0) is 48.2 Å². The van der Waals surface area contributed by atoms with Crippen molar-refractivity contribution >= 4 is 23.9 Å². The van der Waals surface area contributed by atoms with Gasteiger partial charge in [0.15, 0.2) is 0 Å². The summed E-state index contributed by atoms with van der Waals surface area (Å²) >= 11 is 0. The zero-order valence-electron chi connectivity index (χ0n) is 27.0. The van der Waals surface area contributed by atoms with Crippen LogP contribution in [0.1, 0.15) is 121 Å². The first-order chi connectivity index (χ1) is 19.2. The second kappa shape index (κ2) is 10.8. The van der Waals surface area contributed by atoms with Crippen molar-refractivity contribution in [3.63, 3.8) is 0 Å². The molecule has 0 spiro atoms. The number of rotatable bonds is 9. The van der Waals surface area contributed by atoms with Gasteiger partial charge in [-0.3, -0.25) is 9.78 Å². The van der Waals surface area contributed by atoms with E-state index < -0.39 is 47.3 Å². The highest BCUT2D eigenvalue weighted by atomic mass is 17.2. The van der Waals surface area contributed by atoms with Gasteiger partial charge < -0.3 is 9.47 Å². The molecule has 0 saturated heterocycles. The molecule has 0 N–H and O–H groups in total. The van der Waals surface area contributed by atoms with Crippen LogP contribution < -0.4 is 0 Å². The highest BCUT2D eigenvalue weighted by Gasteiger charge is 2.70. The van der Waals surface area contributed by atoms with E-state index >= 15 is 0 Å². The normalized spacial score (nSPS) is 38.5. The molecule has 0 aromatic rings. The van der Waals surface area contributed by atoms with Crippen LogP contribution >= 0.6 is 0 Å². The molecule has 238 valence electrons. The van der Waals surface area contributed by atoms with Crippen LogP contribution in [0.2, 0.25) is 0 Å².